The maximum atomic E-state index is 13.2. The van der Waals surface area contributed by atoms with Crippen molar-refractivity contribution in [3.05, 3.63) is 55.4 Å². The predicted molar refractivity (Wildman–Crippen MR) is 75.9 cm³/mol. The molecule has 0 aliphatic rings. The standard InChI is InChI=1S/C13H8BrClF4S/c1-6-9(14)5-11(20-6)12(15)7-2-3-10(16)8(4-7)13(17,18)19/h2-5,12H,1H3. The van der Waals surface area contributed by atoms with Gasteiger partial charge in [0.25, 0.3) is 0 Å². The van der Waals surface area contributed by atoms with Crippen molar-refractivity contribution >= 4 is 38.9 Å². The Morgan fingerprint density at radius 2 is 1.90 bits per heavy atom. The summed E-state index contributed by atoms with van der Waals surface area (Å²) in [4.78, 5) is 1.68. The number of halogens is 6. The Labute approximate surface area is 130 Å². The maximum Gasteiger partial charge on any atom is 0.419 e. The SMILES string of the molecule is Cc1sc(C(Cl)c2ccc(F)c(C(F)(F)F)c2)cc1Br. The monoisotopic (exact) mass is 386 g/mol. The van der Waals surface area contributed by atoms with Crippen LogP contribution in [0.15, 0.2) is 28.7 Å². The van der Waals surface area contributed by atoms with Crippen LogP contribution in [0.2, 0.25) is 0 Å². The molecule has 0 amide bonds. The molecular formula is C13H8BrClF4S. The number of aryl methyl sites for hydroxylation is 1. The van der Waals surface area contributed by atoms with Crippen LogP contribution in [-0.2, 0) is 6.18 Å². The van der Waals surface area contributed by atoms with Crippen LogP contribution in [0.3, 0.4) is 0 Å². The van der Waals surface area contributed by atoms with E-state index in [1.54, 1.807) is 6.07 Å². The van der Waals surface area contributed by atoms with E-state index in [0.717, 1.165) is 21.5 Å². The molecule has 20 heavy (non-hydrogen) atoms. The van der Waals surface area contributed by atoms with Gasteiger partial charge in [-0.15, -0.1) is 22.9 Å². The van der Waals surface area contributed by atoms with E-state index in [4.69, 9.17) is 11.6 Å². The highest BCUT2D eigenvalue weighted by atomic mass is 79.9. The van der Waals surface area contributed by atoms with Crippen molar-refractivity contribution in [1.82, 2.24) is 0 Å². The van der Waals surface area contributed by atoms with Gasteiger partial charge < -0.3 is 0 Å². The summed E-state index contributed by atoms with van der Waals surface area (Å²) in [6.07, 6.45) is -4.73. The molecule has 2 aromatic rings. The summed E-state index contributed by atoms with van der Waals surface area (Å²) < 4.78 is 52.1. The largest absolute Gasteiger partial charge is 0.419 e. The number of alkyl halides is 4. The lowest BCUT2D eigenvalue weighted by Gasteiger charge is -2.12. The third kappa shape index (κ3) is 3.18. The average molecular weight is 388 g/mol. The van der Waals surface area contributed by atoms with Gasteiger partial charge in [0.1, 0.15) is 5.82 Å². The van der Waals surface area contributed by atoms with Crippen LogP contribution in [0.25, 0.3) is 0 Å². The highest BCUT2D eigenvalue weighted by Crippen LogP contribution is 2.40. The molecule has 2 rings (SSSR count). The van der Waals surface area contributed by atoms with E-state index in [1.807, 2.05) is 6.92 Å². The van der Waals surface area contributed by atoms with Crippen molar-refractivity contribution in [1.29, 1.82) is 0 Å². The van der Waals surface area contributed by atoms with Gasteiger partial charge in [0.2, 0.25) is 0 Å². The van der Waals surface area contributed by atoms with Crippen LogP contribution in [0.1, 0.15) is 26.3 Å². The van der Waals surface area contributed by atoms with E-state index in [9.17, 15) is 17.6 Å². The Kier molecular flexibility index (Phi) is 4.47. The smallest absolute Gasteiger partial charge is 0.206 e. The van der Waals surface area contributed by atoms with Gasteiger partial charge in [0, 0.05) is 14.2 Å². The van der Waals surface area contributed by atoms with Crippen molar-refractivity contribution in [2.75, 3.05) is 0 Å². The number of thiophene rings is 1. The molecule has 1 aromatic heterocycles. The van der Waals surface area contributed by atoms with Gasteiger partial charge in [0.05, 0.1) is 10.9 Å². The molecule has 0 fully saturated rings. The van der Waals surface area contributed by atoms with Crippen molar-refractivity contribution in [2.24, 2.45) is 0 Å². The summed E-state index contributed by atoms with van der Waals surface area (Å²) >= 11 is 10.9. The Bertz CT molecular complexity index is 616. The summed E-state index contributed by atoms with van der Waals surface area (Å²) in [5, 5.41) is -0.744. The van der Waals surface area contributed by atoms with Gasteiger partial charge >= 0.3 is 6.18 Å². The summed E-state index contributed by atoms with van der Waals surface area (Å²) in [5.74, 6) is -1.30. The molecule has 0 nitrogen and oxygen atoms in total. The van der Waals surface area contributed by atoms with Crippen molar-refractivity contribution in [3.8, 4) is 0 Å². The van der Waals surface area contributed by atoms with E-state index >= 15 is 0 Å². The van der Waals surface area contributed by atoms with Gasteiger partial charge in [-0.1, -0.05) is 6.07 Å². The lowest BCUT2D eigenvalue weighted by Crippen LogP contribution is -2.09. The fourth-order valence-electron chi connectivity index (χ4n) is 1.69. The number of hydrogen-bond acceptors (Lipinski definition) is 1. The second-order valence-electron chi connectivity index (χ2n) is 4.15. The van der Waals surface area contributed by atoms with Gasteiger partial charge in [0.15, 0.2) is 0 Å². The van der Waals surface area contributed by atoms with Gasteiger partial charge in [-0.05, 0) is 46.6 Å². The number of benzene rings is 1. The van der Waals surface area contributed by atoms with Gasteiger partial charge in [-0.25, -0.2) is 4.39 Å². The van der Waals surface area contributed by atoms with Gasteiger partial charge in [-0.2, -0.15) is 13.2 Å². The van der Waals surface area contributed by atoms with Crippen molar-refractivity contribution in [2.45, 2.75) is 18.5 Å². The van der Waals surface area contributed by atoms with E-state index in [2.05, 4.69) is 15.9 Å². The van der Waals surface area contributed by atoms with E-state index in [-0.39, 0.29) is 5.56 Å². The topological polar surface area (TPSA) is 0 Å². The highest BCUT2D eigenvalue weighted by molar-refractivity contribution is 9.10. The van der Waals surface area contributed by atoms with Crippen LogP contribution in [0, 0.1) is 12.7 Å². The second kappa shape index (κ2) is 5.66. The molecule has 0 aliphatic heterocycles. The van der Waals surface area contributed by atoms with Crippen LogP contribution in [0.5, 0.6) is 0 Å². The van der Waals surface area contributed by atoms with Crippen LogP contribution in [0.4, 0.5) is 17.6 Å². The first-order valence-electron chi connectivity index (χ1n) is 5.46. The van der Waals surface area contributed by atoms with E-state index < -0.39 is 22.9 Å². The number of hydrogen-bond donors (Lipinski definition) is 0. The second-order valence-corrected chi connectivity index (χ2v) is 6.73. The molecule has 1 unspecified atom stereocenters. The molecule has 0 aliphatic carbocycles. The molecule has 0 saturated heterocycles. The maximum absolute atomic E-state index is 13.2. The molecule has 0 saturated carbocycles. The minimum absolute atomic E-state index is 0.217. The molecule has 0 bridgehead atoms. The predicted octanol–water partition coefficient (Wildman–Crippen LogP) is 6.31. The summed E-state index contributed by atoms with van der Waals surface area (Å²) in [7, 11) is 0. The Hall–Kier alpha value is -0.590. The average Bonchev–Trinajstić information content (AvgIpc) is 2.68. The normalized spacial score (nSPS) is 13.6. The van der Waals surface area contributed by atoms with Gasteiger partial charge in [-0.3, -0.25) is 0 Å². The lowest BCUT2D eigenvalue weighted by atomic mass is 10.1. The zero-order valence-corrected chi connectivity index (χ0v) is 13.2. The minimum atomic E-state index is -4.73. The molecule has 1 atom stereocenters. The molecule has 1 aromatic carbocycles. The van der Waals surface area contributed by atoms with Crippen molar-refractivity contribution in [3.63, 3.8) is 0 Å². The van der Waals surface area contributed by atoms with Crippen molar-refractivity contribution < 1.29 is 17.6 Å². The Balaban J connectivity index is 2.43. The first-order chi connectivity index (χ1) is 9.20. The number of rotatable bonds is 2. The lowest BCUT2D eigenvalue weighted by molar-refractivity contribution is -0.140. The third-order valence-corrected chi connectivity index (χ3v) is 5.53. The molecule has 0 N–H and O–H groups in total. The third-order valence-electron chi connectivity index (χ3n) is 2.71. The first-order valence-corrected chi connectivity index (χ1v) is 7.51. The van der Waals surface area contributed by atoms with Crippen LogP contribution >= 0.6 is 38.9 Å². The molecule has 0 radical (unpaired) electrons. The van der Waals surface area contributed by atoms with E-state index in [0.29, 0.717) is 4.88 Å². The zero-order valence-electron chi connectivity index (χ0n) is 10.1. The summed E-state index contributed by atoms with van der Waals surface area (Å²) in [5.41, 5.74) is -1.08. The van der Waals surface area contributed by atoms with E-state index in [1.165, 1.54) is 17.4 Å². The molecule has 108 valence electrons. The quantitative estimate of drug-likeness (QED) is 0.419. The molecular weight excluding hydrogens is 380 g/mol. The van der Waals surface area contributed by atoms with Crippen LogP contribution in [-0.4, -0.2) is 0 Å². The Morgan fingerprint density at radius 3 is 2.40 bits per heavy atom. The summed E-state index contributed by atoms with van der Waals surface area (Å²) in [6.45, 7) is 1.87. The first kappa shape index (κ1) is 15.8. The fraction of sp³-hybridized carbons (Fsp3) is 0.231. The molecule has 7 heteroatoms. The summed E-state index contributed by atoms with van der Waals surface area (Å²) in [6, 6.07) is 4.58. The fourth-order valence-corrected chi connectivity index (χ4v) is 3.59. The molecule has 0 spiro atoms. The van der Waals surface area contributed by atoms with Crippen LogP contribution < -0.4 is 0 Å². The Morgan fingerprint density at radius 1 is 1.25 bits per heavy atom. The highest BCUT2D eigenvalue weighted by Gasteiger charge is 2.34. The molecule has 1 heterocycles. The zero-order chi connectivity index (χ0) is 15.1. The minimum Gasteiger partial charge on any atom is -0.206 e.